The molecule has 0 aliphatic heterocycles. The summed E-state index contributed by atoms with van der Waals surface area (Å²) in [5.74, 6) is 0.165. The Bertz CT molecular complexity index is 725. The van der Waals surface area contributed by atoms with E-state index in [9.17, 15) is 4.79 Å². The summed E-state index contributed by atoms with van der Waals surface area (Å²) < 4.78 is 12.4. The van der Waals surface area contributed by atoms with Crippen molar-refractivity contribution in [2.75, 3.05) is 13.2 Å². The molecule has 0 saturated heterocycles. The van der Waals surface area contributed by atoms with Gasteiger partial charge in [-0.2, -0.15) is 0 Å². The maximum absolute atomic E-state index is 11.1. The highest BCUT2D eigenvalue weighted by atomic mass is 79.9. The molecule has 122 valence electrons. The molecule has 1 N–H and O–H groups in total. The zero-order valence-corrected chi connectivity index (χ0v) is 14.9. The number of para-hydroxylation sites is 1. The Hall–Kier alpha value is -2.01. The number of ether oxygens (including phenoxy) is 2. The quantitative estimate of drug-likeness (QED) is 0.750. The summed E-state index contributed by atoms with van der Waals surface area (Å²) in [7, 11) is 0. The average Bonchev–Trinajstić information content (AvgIpc) is 2.54. The lowest BCUT2D eigenvalue weighted by molar-refractivity contribution is 0.0691. The van der Waals surface area contributed by atoms with Gasteiger partial charge in [-0.1, -0.05) is 28.1 Å². The van der Waals surface area contributed by atoms with Gasteiger partial charge < -0.3 is 14.6 Å². The normalized spacial score (nSPS) is 10.4. The van der Waals surface area contributed by atoms with Crippen molar-refractivity contribution in [2.24, 2.45) is 0 Å². The van der Waals surface area contributed by atoms with Gasteiger partial charge in [0, 0.05) is 4.47 Å². The summed E-state index contributed by atoms with van der Waals surface area (Å²) in [5, 5.41) is 9.11. The second-order valence-corrected chi connectivity index (χ2v) is 6.05. The van der Waals surface area contributed by atoms with Crippen LogP contribution >= 0.6 is 15.9 Å². The van der Waals surface area contributed by atoms with Gasteiger partial charge in [-0.25, -0.2) is 4.79 Å². The van der Waals surface area contributed by atoms with Crippen LogP contribution < -0.4 is 9.47 Å². The first-order chi connectivity index (χ1) is 10.9. The number of halogens is 1. The molecular formula is C18H19BrO4. The highest BCUT2D eigenvalue weighted by molar-refractivity contribution is 9.10. The van der Waals surface area contributed by atoms with Crippen molar-refractivity contribution < 1.29 is 19.4 Å². The van der Waals surface area contributed by atoms with Crippen LogP contribution in [-0.4, -0.2) is 24.3 Å². The molecule has 0 spiro atoms. The average molecular weight is 379 g/mol. The number of benzene rings is 2. The lowest BCUT2D eigenvalue weighted by Crippen LogP contribution is -2.12. The molecule has 2 aromatic rings. The zero-order chi connectivity index (χ0) is 17.0. The van der Waals surface area contributed by atoms with E-state index >= 15 is 0 Å². The first kappa shape index (κ1) is 17.3. The highest BCUT2D eigenvalue weighted by Crippen LogP contribution is 2.31. The van der Waals surface area contributed by atoms with Gasteiger partial charge >= 0.3 is 5.97 Å². The van der Waals surface area contributed by atoms with Gasteiger partial charge in [-0.05, 0) is 55.7 Å². The van der Waals surface area contributed by atoms with Crippen molar-refractivity contribution in [1.82, 2.24) is 0 Å². The number of carbonyl (C=O) groups is 1. The van der Waals surface area contributed by atoms with E-state index in [1.807, 2.05) is 26.8 Å². The number of aryl methyl sites for hydroxylation is 1. The molecule has 0 atom stereocenters. The number of rotatable bonds is 6. The van der Waals surface area contributed by atoms with Crippen LogP contribution in [-0.2, 0) is 0 Å². The molecule has 2 aromatic carbocycles. The Kier molecular flexibility index (Phi) is 5.66. The van der Waals surface area contributed by atoms with Crippen LogP contribution in [0.25, 0.3) is 0 Å². The van der Waals surface area contributed by atoms with E-state index in [0.717, 1.165) is 26.9 Å². The molecule has 0 saturated carbocycles. The fourth-order valence-electron chi connectivity index (χ4n) is 2.24. The van der Waals surface area contributed by atoms with E-state index in [1.54, 1.807) is 18.2 Å². The van der Waals surface area contributed by atoms with E-state index in [2.05, 4.69) is 15.9 Å². The Balaban J connectivity index is 1.98. The van der Waals surface area contributed by atoms with Gasteiger partial charge in [-0.15, -0.1) is 0 Å². The van der Waals surface area contributed by atoms with E-state index in [0.29, 0.717) is 12.4 Å². The Morgan fingerprint density at radius 3 is 2.30 bits per heavy atom. The molecule has 0 unspecified atom stereocenters. The smallest absolute Gasteiger partial charge is 0.339 e. The molecule has 0 aliphatic rings. The molecule has 0 aromatic heterocycles. The van der Waals surface area contributed by atoms with Gasteiger partial charge in [0.25, 0.3) is 0 Å². The number of carboxylic acids is 1. The van der Waals surface area contributed by atoms with Crippen molar-refractivity contribution in [2.45, 2.75) is 20.8 Å². The van der Waals surface area contributed by atoms with Gasteiger partial charge in [0.15, 0.2) is 0 Å². The van der Waals surface area contributed by atoms with Crippen LogP contribution in [0.15, 0.2) is 34.8 Å². The topological polar surface area (TPSA) is 55.8 Å². The van der Waals surface area contributed by atoms with Crippen LogP contribution in [0.3, 0.4) is 0 Å². The summed E-state index contributed by atoms with van der Waals surface area (Å²) in [4.78, 5) is 11.1. The fraction of sp³-hybridized carbons (Fsp3) is 0.278. The Morgan fingerprint density at radius 1 is 1.04 bits per heavy atom. The molecule has 4 nitrogen and oxygen atoms in total. The third-order valence-electron chi connectivity index (χ3n) is 3.67. The molecule has 0 amide bonds. The summed E-state index contributed by atoms with van der Waals surface area (Å²) in [6.45, 7) is 6.69. The molecule has 2 rings (SSSR count). The molecule has 5 heteroatoms. The van der Waals surface area contributed by atoms with Crippen LogP contribution in [0.4, 0.5) is 0 Å². The van der Waals surface area contributed by atoms with E-state index in [4.69, 9.17) is 14.6 Å². The summed E-state index contributed by atoms with van der Waals surface area (Å²) in [6, 6.07) is 8.56. The molecular weight excluding hydrogens is 360 g/mol. The maximum Gasteiger partial charge on any atom is 0.339 e. The molecule has 0 fully saturated rings. The summed E-state index contributed by atoms with van der Waals surface area (Å²) in [6.07, 6.45) is 0. The summed E-state index contributed by atoms with van der Waals surface area (Å²) in [5.41, 5.74) is 3.49. The van der Waals surface area contributed by atoms with Crippen molar-refractivity contribution in [1.29, 1.82) is 0 Å². The van der Waals surface area contributed by atoms with Crippen LogP contribution in [0.5, 0.6) is 11.5 Å². The molecule has 0 radical (unpaired) electrons. The maximum atomic E-state index is 11.1. The van der Waals surface area contributed by atoms with E-state index in [-0.39, 0.29) is 12.2 Å². The van der Waals surface area contributed by atoms with Gasteiger partial charge in [0.05, 0.1) is 0 Å². The largest absolute Gasteiger partial charge is 0.490 e. The lowest BCUT2D eigenvalue weighted by atomic mass is 10.1. The van der Waals surface area contributed by atoms with E-state index in [1.165, 1.54) is 6.07 Å². The van der Waals surface area contributed by atoms with E-state index < -0.39 is 5.97 Å². The zero-order valence-electron chi connectivity index (χ0n) is 13.4. The SMILES string of the molecule is Cc1cc(OCCOc2ccccc2C(=O)O)c(C)c(C)c1Br. The molecule has 23 heavy (non-hydrogen) atoms. The highest BCUT2D eigenvalue weighted by Gasteiger charge is 2.11. The number of carboxylic acid groups (broad SMARTS) is 1. The number of hydrogen-bond donors (Lipinski definition) is 1. The van der Waals surface area contributed by atoms with Gasteiger partial charge in [-0.3, -0.25) is 0 Å². The van der Waals surface area contributed by atoms with Crippen molar-refractivity contribution >= 4 is 21.9 Å². The van der Waals surface area contributed by atoms with Crippen LogP contribution in [0.1, 0.15) is 27.0 Å². The van der Waals surface area contributed by atoms with Gasteiger partial charge in [0.2, 0.25) is 0 Å². The standard InChI is InChI=1S/C18H19BrO4/c1-11-10-16(12(2)13(3)17(11)19)23-9-8-22-15-7-5-4-6-14(15)18(20)21/h4-7,10H,8-9H2,1-3H3,(H,20,21). The lowest BCUT2D eigenvalue weighted by Gasteiger charge is -2.15. The van der Waals surface area contributed by atoms with Crippen molar-refractivity contribution in [3.63, 3.8) is 0 Å². The van der Waals surface area contributed by atoms with Crippen molar-refractivity contribution in [3.05, 3.63) is 57.1 Å². The minimum absolute atomic E-state index is 0.152. The third-order valence-corrected chi connectivity index (χ3v) is 4.89. The molecule has 0 aliphatic carbocycles. The predicted octanol–water partition coefficient (Wildman–Crippen LogP) is 4.53. The number of aromatic carboxylic acids is 1. The second kappa shape index (κ2) is 7.51. The third kappa shape index (κ3) is 4.05. The van der Waals surface area contributed by atoms with Crippen LogP contribution in [0, 0.1) is 20.8 Å². The Labute approximate surface area is 144 Å². The van der Waals surface area contributed by atoms with Crippen LogP contribution in [0.2, 0.25) is 0 Å². The minimum Gasteiger partial charge on any atom is -0.490 e. The minimum atomic E-state index is -1.00. The first-order valence-electron chi connectivity index (χ1n) is 7.26. The first-order valence-corrected chi connectivity index (χ1v) is 8.05. The van der Waals surface area contributed by atoms with Gasteiger partial charge in [0.1, 0.15) is 30.3 Å². The Morgan fingerprint density at radius 2 is 1.65 bits per heavy atom. The molecule has 0 heterocycles. The monoisotopic (exact) mass is 378 g/mol. The second-order valence-electron chi connectivity index (χ2n) is 5.25. The van der Waals surface area contributed by atoms with Crippen molar-refractivity contribution in [3.8, 4) is 11.5 Å². The predicted molar refractivity (Wildman–Crippen MR) is 92.7 cm³/mol. The number of hydrogen-bond acceptors (Lipinski definition) is 3. The molecule has 0 bridgehead atoms. The summed E-state index contributed by atoms with van der Waals surface area (Å²) >= 11 is 3.56. The fourth-order valence-corrected chi connectivity index (χ4v) is 2.65.